The number of hydrogen-bond donors (Lipinski definition) is 0. The summed E-state index contributed by atoms with van der Waals surface area (Å²) in [5.74, 6) is 0. The van der Waals surface area contributed by atoms with Crippen LogP contribution in [-0.2, 0) is 19.2 Å². The van der Waals surface area contributed by atoms with Gasteiger partial charge in [0.25, 0.3) is 0 Å². The van der Waals surface area contributed by atoms with Crippen molar-refractivity contribution in [2.24, 2.45) is 0 Å². The van der Waals surface area contributed by atoms with Crippen LogP contribution in [0.3, 0.4) is 0 Å². The standard InChI is InChI=1S/C14H20O4/c1-14(2,3)18-17-12(13-15-9-10-16-13)11-7-5-4-6-8-11/h4-8,12-13H,9-10H2,1-3H3. The fourth-order valence-electron chi connectivity index (χ4n) is 1.65. The Balaban J connectivity index is 2.08. The van der Waals surface area contributed by atoms with Crippen molar-refractivity contribution in [3.63, 3.8) is 0 Å². The minimum Gasteiger partial charge on any atom is -0.347 e. The fraction of sp³-hybridized carbons (Fsp3) is 0.571. The van der Waals surface area contributed by atoms with E-state index in [1.165, 1.54) is 0 Å². The second kappa shape index (κ2) is 5.80. The molecule has 1 aliphatic rings. The van der Waals surface area contributed by atoms with Gasteiger partial charge in [-0.25, -0.2) is 9.78 Å². The van der Waals surface area contributed by atoms with Gasteiger partial charge in [0.2, 0.25) is 0 Å². The molecule has 1 saturated heterocycles. The first-order valence-corrected chi connectivity index (χ1v) is 6.19. The summed E-state index contributed by atoms with van der Waals surface area (Å²) in [6, 6.07) is 9.82. The van der Waals surface area contributed by atoms with Crippen LogP contribution in [0.25, 0.3) is 0 Å². The van der Waals surface area contributed by atoms with Gasteiger partial charge < -0.3 is 9.47 Å². The summed E-state index contributed by atoms with van der Waals surface area (Å²) in [6.07, 6.45) is -0.775. The summed E-state index contributed by atoms with van der Waals surface area (Å²) >= 11 is 0. The Morgan fingerprint density at radius 1 is 1.11 bits per heavy atom. The predicted octanol–water partition coefficient (Wildman–Crippen LogP) is 2.85. The zero-order valence-corrected chi connectivity index (χ0v) is 11.1. The molecule has 1 unspecified atom stereocenters. The number of rotatable bonds is 4. The van der Waals surface area contributed by atoms with Gasteiger partial charge in [-0.1, -0.05) is 30.3 Å². The van der Waals surface area contributed by atoms with Gasteiger partial charge in [-0.2, -0.15) is 0 Å². The van der Waals surface area contributed by atoms with Gasteiger partial charge in [0, 0.05) is 0 Å². The first-order valence-electron chi connectivity index (χ1n) is 6.19. The molecule has 1 aromatic carbocycles. The van der Waals surface area contributed by atoms with Crippen LogP contribution in [-0.4, -0.2) is 25.1 Å². The first-order chi connectivity index (χ1) is 8.56. The summed E-state index contributed by atoms with van der Waals surface area (Å²) in [7, 11) is 0. The third-order valence-corrected chi connectivity index (χ3v) is 2.42. The molecule has 0 amide bonds. The van der Waals surface area contributed by atoms with E-state index in [2.05, 4.69) is 0 Å². The third kappa shape index (κ3) is 3.78. The Hall–Kier alpha value is -0.940. The van der Waals surface area contributed by atoms with Crippen LogP contribution in [0.5, 0.6) is 0 Å². The molecule has 0 saturated carbocycles. The second-order valence-corrected chi connectivity index (χ2v) is 5.23. The van der Waals surface area contributed by atoms with E-state index in [4.69, 9.17) is 19.2 Å². The molecule has 1 atom stereocenters. The maximum atomic E-state index is 5.53. The molecule has 100 valence electrons. The van der Waals surface area contributed by atoms with Crippen molar-refractivity contribution in [3.8, 4) is 0 Å². The van der Waals surface area contributed by atoms with Crippen LogP contribution in [0.2, 0.25) is 0 Å². The van der Waals surface area contributed by atoms with E-state index >= 15 is 0 Å². The van der Waals surface area contributed by atoms with E-state index in [0.717, 1.165) is 5.56 Å². The number of hydrogen-bond acceptors (Lipinski definition) is 4. The lowest BCUT2D eigenvalue weighted by atomic mass is 10.1. The van der Waals surface area contributed by atoms with Crippen LogP contribution in [0.4, 0.5) is 0 Å². The van der Waals surface area contributed by atoms with Crippen molar-refractivity contribution in [1.82, 2.24) is 0 Å². The molecule has 18 heavy (non-hydrogen) atoms. The molecule has 0 aliphatic carbocycles. The highest BCUT2D eigenvalue weighted by Gasteiger charge is 2.31. The van der Waals surface area contributed by atoms with Crippen molar-refractivity contribution in [1.29, 1.82) is 0 Å². The Labute approximate surface area is 108 Å². The lowest BCUT2D eigenvalue weighted by Crippen LogP contribution is -2.27. The largest absolute Gasteiger partial charge is 0.347 e. The molecular formula is C14H20O4. The summed E-state index contributed by atoms with van der Waals surface area (Å²) < 4.78 is 11.0. The molecule has 1 fully saturated rings. The molecule has 1 heterocycles. The molecule has 0 aromatic heterocycles. The topological polar surface area (TPSA) is 36.9 Å². The zero-order valence-electron chi connectivity index (χ0n) is 11.1. The second-order valence-electron chi connectivity index (χ2n) is 5.23. The monoisotopic (exact) mass is 252 g/mol. The molecule has 0 bridgehead atoms. The predicted molar refractivity (Wildman–Crippen MR) is 66.8 cm³/mol. The van der Waals surface area contributed by atoms with E-state index in [9.17, 15) is 0 Å². The molecule has 2 rings (SSSR count). The van der Waals surface area contributed by atoms with Crippen molar-refractivity contribution >= 4 is 0 Å². The van der Waals surface area contributed by atoms with Gasteiger partial charge in [-0.3, -0.25) is 0 Å². The fourth-order valence-corrected chi connectivity index (χ4v) is 1.65. The summed E-state index contributed by atoms with van der Waals surface area (Å²) in [6.45, 7) is 6.99. The van der Waals surface area contributed by atoms with Crippen molar-refractivity contribution in [2.45, 2.75) is 38.8 Å². The number of benzene rings is 1. The summed E-state index contributed by atoms with van der Waals surface area (Å²) in [4.78, 5) is 10.9. The van der Waals surface area contributed by atoms with Gasteiger partial charge in [-0.15, -0.1) is 0 Å². The average Bonchev–Trinajstić information content (AvgIpc) is 2.83. The number of ether oxygens (including phenoxy) is 2. The summed E-state index contributed by atoms with van der Waals surface area (Å²) in [5.41, 5.74) is 0.611. The molecule has 1 aliphatic heterocycles. The smallest absolute Gasteiger partial charge is 0.191 e. The SMILES string of the molecule is CC(C)(C)OOC(c1ccccc1)C1OCCO1. The van der Waals surface area contributed by atoms with Crippen molar-refractivity contribution < 1.29 is 19.2 Å². The maximum absolute atomic E-state index is 5.53. The van der Waals surface area contributed by atoms with Crippen molar-refractivity contribution in [3.05, 3.63) is 35.9 Å². The highest BCUT2D eigenvalue weighted by molar-refractivity contribution is 5.18. The lowest BCUT2D eigenvalue weighted by molar-refractivity contribution is -0.398. The zero-order chi connectivity index (χ0) is 13.0. The Kier molecular flexibility index (Phi) is 4.35. The lowest BCUT2D eigenvalue weighted by Gasteiger charge is -2.26. The molecule has 1 aromatic rings. The molecule has 0 spiro atoms. The van der Waals surface area contributed by atoms with Gasteiger partial charge >= 0.3 is 0 Å². The van der Waals surface area contributed by atoms with Crippen LogP contribution in [0.1, 0.15) is 32.4 Å². The Bertz CT molecular complexity index is 352. The van der Waals surface area contributed by atoms with Gasteiger partial charge in [0.05, 0.1) is 18.8 Å². The Morgan fingerprint density at radius 2 is 1.72 bits per heavy atom. The minimum atomic E-state index is -0.408. The molecule has 0 radical (unpaired) electrons. The normalized spacial score (nSPS) is 19.1. The van der Waals surface area contributed by atoms with Crippen LogP contribution in [0.15, 0.2) is 30.3 Å². The van der Waals surface area contributed by atoms with Crippen LogP contribution >= 0.6 is 0 Å². The van der Waals surface area contributed by atoms with Crippen LogP contribution < -0.4 is 0 Å². The molecule has 4 nitrogen and oxygen atoms in total. The van der Waals surface area contributed by atoms with Crippen LogP contribution in [0, 0.1) is 0 Å². The third-order valence-electron chi connectivity index (χ3n) is 2.42. The molecule has 0 N–H and O–H groups in total. The van der Waals surface area contributed by atoms with E-state index in [0.29, 0.717) is 13.2 Å². The summed E-state index contributed by atoms with van der Waals surface area (Å²) in [5, 5.41) is 0. The minimum absolute atomic E-state index is 0.368. The Morgan fingerprint density at radius 3 is 2.28 bits per heavy atom. The van der Waals surface area contributed by atoms with Crippen molar-refractivity contribution in [2.75, 3.05) is 13.2 Å². The van der Waals surface area contributed by atoms with Gasteiger partial charge in [0.15, 0.2) is 12.4 Å². The van der Waals surface area contributed by atoms with E-state index in [1.807, 2.05) is 51.1 Å². The van der Waals surface area contributed by atoms with E-state index in [-0.39, 0.29) is 11.7 Å². The highest BCUT2D eigenvalue weighted by atomic mass is 17.2. The van der Waals surface area contributed by atoms with E-state index < -0.39 is 6.29 Å². The van der Waals surface area contributed by atoms with Gasteiger partial charge in [0.1, 0.15) is 0 Å². The average molecular weight is 252 g/mol. The van der Waals surface area contributed by atoms with E-state index in [1.54, 1.807) is 0 Å². The highest BCUT2D eigenvalue weighted by Crippen LogP contribution is 2.28. The first kappa shape index (κ1) is 13.5. The molecular weight excluding hydrogens is 232 g/mol. The quantitative estimate of drug-likeness (QED) is 0.610. The van der Waals surface area contributed by atoms with Gasteiger partial charge in [-0.05, 0) is 26.3 Å². The maximum Gasteiger partial charge on any atom is 0.191 e. The molecule has 4 heteroatoms.